The van der Waals surface area contributed by atoms with Crippen LogP contribution in [-0.4, -0.2) is 14.5 Å². The van der Waals surface area contributed by atoms with Crippen molar-refractivity contribution in [3.8, 4) is 5.75 Å². The fourth-order valence-electron chi connectivity index (χ4n) is 0.904. The standard InChI is InChI=1S/C8H7ClFNO4S/c1-5-2-3-6(10)4-7(5)15-8(12)11-16(9,13)14/h2-4H,1H3,(H,11,12). The fraction of sp³-hybridized carbons (Fsp3) is 0.125. The number of halogens is 2. The smallest absolute Gasteiger partial charge is 0.409 e. The molecule has 0 atom stereocenters. The van der Waals surface area contributed by atoms with E-state index in [2.05, 4.69) is 4.74 Å². The lowest BCUT2D eigenvalue weighted by Crippen LogP contribution is -2.29. The number of benzene rings is 1. The number of amides is 1. The summed E-state index contributed by atoms with van der Waals surface area (Å²) in [6, 6.07) is 3.52. The van der Waals surface area contributed by atoms with Gasteiger partial charge in [0.15, 0.2) is 0 Å². The Morgan fingerprint density at radius 2 is 2.12 bits per heavy atom. The van der Waals surface area contributed by atoms with Gasteiger partial charge in [0.2, 0.25) is 0 Å². The number of hydrogen-bond acceptors (Lipinski definition) is 4. The first-order valence-corrected chi connectivity index (χ1v) is 6.29. The first-order chi connectivity index (χ1) is 7.28. The Labute approximate surface area is 95.7 Å². The van der Waals surface area contributed by atoms with Gasteiger partial charge in [-0.3, -0.25) is 0 Å². The average Bonchev–Trinajstić information content (AvgIpc) is 2.08. The van der Waals surface area contributed by atoms with Gasteiger partial charge in [-0.05, 0) is 18.6 Å². The van der Waals surface area contributed by atoms with Crippen LogP contribution >= 0.6 is 10.7 Å². The maximum Gasteiger partial charge on any atom is 0.427 e. The molecular weight excluding hydrogens is 261 g/mol. The van der Waals surface area contributed by atoms with Gasteiger partial charge < -0.3 is 4.74 Å². The lowest BCUT2D eigenvalue weighted by Gasteiger charge is -2.06. The van der Waals surface area contributed by atoms with Gasteiger partial charge in [-0.25, -0.2) is 13.9 Å². The zero-order chi connectivity index (χ0) is 12.3. The zero-order valence-corrected chi connectivity index (χ0v) is 9.60. The summed E-state index contributed by atoms with van der Waals surface area (Å²) in [4.78, 5) is 11.0. The van der Waals surface area contributed by atoms with Gasteiger partial charge >= 0.3 is 15.3 Å². The van der Waals surface area contributed by atoms with Crippen molar-refractivity contribution >= 4 is 26.0 Å². The number of rotatable bonds is 2. The van der Waals surface area contributed by atoms with Crippen LogP contribution in [0.2, 0.25) is 0 Å². The number of carbonyl (C=O) groups is 1. The van der Waals surface area contributed by atoms with Gasteiger partial charge in [0.05, 0.1) is 0 Å². The van der Waals surface area contributed by atoms with Crippen LogP contribution in [0.4, 0.5) is 9.18 Å². The highest BCUT2D eigenvalue weighted by molar-refractivity contribution is 8.12. The SMILES string of the molecule is Cc1ccc(F)cc1OC(=O)NS(=O)(=O)Cl. The molecule has 0 aliphatic heterocycles. The first kappa shape index (κ1) is 12.7. The Morgan fingerprint density at radius 1 is 1.50 bits per heavy atom. The third-order valence-corrected chi connectivity index (χ3v) is 2.20. The fourth-order valence-corrected chi connectivity index (χ4v) is 1.33. The zero-order valence-electron chi connectivity index (χ0n) is 8.03. The molecule has 0 heterocycles. The molecule has 0 aromatic heterocycles. The quantitative estimate of drug-likeness (QED) is 0.828. The number of nitrogens with one attached hydrogen (secondary N) is 1. The summed E-state index contributed by atoms with van der Waals surface area (Å²) in [5.41, 5.74) is 0.475. The second-order valence-corrected chi connectivity index (χ2v) is 5.14. The van der Waals surface area contributed by atoms with Crippen LogP contribution < -0.4 is 9.46 Å². The Morgan fingerprint density at radius 3 is 2.69 bits per heavy atom. The topological polar surface area (TPSA) is 72.5 Å². The highest BCUT2D eigenvalue weighted by Crippen LogP contribution is 2.18. The molecule has 5 nitrogen and oxygen atoms in total. The van der Waals surface area contributed by atoms with Crippen LogP contribution in [0.15, 0.2) is 18.2 Å². The minimum absolute atomic E-state index is 0.0854. The lowest BCUT2D eigenvalue weighted by molar-refractivity contribution is 0.206. The van der Waals surface area contributed by atoms with Crippen molar-refractivity contribution in [2.75, 3.05) is 0 Å². The van der Waals surface area contributed by atoms with Crippen molar-refractivity contribution < 1.29 is 22.3 Å². The molecule has 1 amide bonds. The van der Waals surface area contributed by atoms with Gasteiger partial charge in [0.1, 0.15) is 11.6 Å². The molecule has 1 aromatic carbocycles. The Kier molecular flexibility index (Phi) is 3.71. The lowest BCUT2D eigenvalue weighted by atomic mass is 10.2. The minimum Gasteiger partial charge on any atom is -0.409 e. The van der Waals surface area contributed by atoms with Crippen LogP contribution in [-0.2, 0) is 9.24 Å². The molecule has 1 aromatic rings. The van der Waals surface area contributed by atoms with E-state index in [0.29, 0.717) is 5.56 Å². The maximum atomic E-state index is 12.8. The van der Waals surface area contributed by atoms with Crippen molar-refractivity contribution in [3.63, 3.8) is 0 Å². The third kappa shape index (κ3) is 4.03. The van der Waals surface area contributed by atoms with E-state index in [1.54, 1.807) is 6.92 Å². The van der Waals surface area contributed by atoms with E-state index in [0.717, 1.165) is 6.07 Å². The second-order valence-electron chi connectivity index (χ2n) is 2.84. The van der Waals surface area contributed by atoms with E-state index in [1.165, 1.54) is 16.9 Å². The normalized spacial score (nSPS) is 10.9. The molecule has 0 bridgehead atoms. The van der Waals surface area contributed by atoms with E-state index in [9.17, 15) is 17.6 Å². The van der Waals surface area contributed by atoms with Gasteiger partial charge in [0, 0.05) is 16.7 Å². The number of ether oxygens (including phenoxy) is 1. The summed E-state index contributed by atoms with van der Waals surface area (Å²) in [6.45, 7) is 1.57. The predicted molar refractivity (Wildman–Crippen MR) is 55.1 cm³/mol. The van der Waals surface area contributed by atoms with Crippen LogP contribution in [0.25, 0.3) is 0 Å². The number of hydrogen-bond donors (Lipinski definition) is 1. The minimum atomic E-state index is -4.21. The molecule has 0 spiro atoms. The molecule has 1 rings (SSSR count). The molecule has 1 N–H and O–H groups in total. The van der Waals surface area contributed by atoms with E-state index < -0.39 is 21.1 Å². The summed E-state index contributed by atoms with van der Waals surface area (Å²) in [7, 11) is 0.539. The van der Waals surface area contributed by atoms with E-state index in [4.69, 9.17) is 10.7 Å². The van der Waals surface area contributed by atoms with Crippen molar-refractivity contribution in [2.45, 2.75) is 6.92 Å². The Bertz CT molecular complexity index is 517. The summed E-state index contributed by atoms with van der Waals surface area (Å²) >= 11 is 0. The second kappa shape index (κ2) is 4.67. The van der Waals surface area contributed by atoms with Gasteiger partial charge in [-0.15, -0.1) is 0 Å². The molecule has 0 saturated carbocycles. The molecule has 0 radical (unpaired) electrons. The first-order valence-electron chi connectivity index (χ1n) is 3.98. The Hall–Kier alpha value is -1.34. The molecule has 16 heavy (non-hydrogen) atoms. The largest absolute Gasteiger partial charge is 0.427 e. The molecule has 0 saturated heterocycles. The van der Waals surface area contributed by atoms with Crippen LogP contribution in [0.3, 0.4) is 0 Å². The predicted octanol–water partition coefficient (Wildman–Crippen LogP) is 1.71. The highest BCUT2D eigenvalue weighted by Gasteiger charge is 2.13. The van der Waals surface area contributed by atoms with Crippen LogP contribution in [0.1, 0.15) is 5.56 Å². The van der Waals surface area contributed by atoms with Crippen LogP contribution in [0, 0.1) is 12.7 Å². The number of aryl methyl sites for hydroxylation is 1. The van der Waals surface area contributed by atoms with E-state index in [-0.39, 0.29) is 5.75 Å². The average molecular weight is 268 g/mol. The molecule has 0 aliphatic rings. The monoisotopic (exact) mass is 267 g/mol. The molecular formula is C8H7ClFNO4S. The van der Waals surface area contributed by atoms with Crippen LogP contribution in [0.5, 0.6) is 5.75 Å². The molecule has 0 fully saturated rings. The summed E-state index contributed by atoms with van der Waals surface area (Å²) in [5.74, 6) is -0.694. The van der Waals surface area contributed by atoms with Crippen molar-refractivity contribution in [3.05, 3.63) is 29.6 Å². The molecule has 8 heteroatoms. The third-order valence-electron chi connectivity index (χ3n) is 1.56. The summed E-state index contributed by atoms with van der Waals surface area (Å²) < 4.78 is 39.6. The summed E-state index contributed by atoms with van der Waals surface area (Å²) in [6.07, 6.45) is -1.30. The molecule has 0 unspecified atom stereocenters. The van der Waals surface area contributed by atoms with Gasteiger partial charge in [0.25, 0.3) is 0 Å². The number of carbonyl (C=O) groups excluding carboxylic acids is 1. The van der Waals surface area contributed by atoms with E-state index >= 15 is 0 Å². The molecule has 88 valence electrons. The van der Waals surface area contributed by atoms with Crippen molar-refractivity contribution in [1.29, 1.82) is 0 Å². The maximum absolute atomic E-state index is 12.8. The summed E-state index contributed by atoms with van der Waals surface area (Å²) in [5, 5.41) is 0. The highest BCUT2D eigenvalue weighted by atomic mass is 35.7. The van der Waals surface area contributed by atoms with Gasteiger partial charge in [-0.1, -0.05) is 6.07 Å². The molecule has 0 aliphatic carbocycles. The van der Waals surface area contributed by atoms with Gasteiger partial charge in [-0.2, -0.15) is 8.42 Å². The van der Waals surface area contributed by atoms with E-state index in [1.807, 2.05) is 0 Å². The van der Waals surface area contributed by atoms with Crippen molar-refractivity contribution in [1.82, 2.24) is 4.72 Å². The Balaban J connectivity index is 2.81. The van der Waals surface area contributed by atoms with Crippen molar-refractivity contribution in [2.24, 2.45) is 0 Å².